The lowest BCUT2D eigenvalue weighted by Crippen LogP contribution is -2.22. The largest absolute Gasteiger partial charge is 0.396 e. The van der Waals surface area contributed by atoms with E-state index in [1.54, 1.807) is 42.5 Å². The van der Waals surface area contributed by atoms with E-state index < -0.39 is 39.6 Å². The van der Waals surface area contributed by atoms with Crippen LogP contribution in [-0.2, 0) is 9.84 Å². The van der Waals surface area contributed by atoms with Crippen LogP contribution in [0.2, 0.25) is 5.02 Å². The van der Waals surface area contributed by atoms with Crippen molar-refractivity contribution in [1.82, 2.24) is 0 Å². The van der Waals surface area contributed by atoms with E-state index in [4.69, 9.17) is 11.6 Å². The van der Waals surface area contributed by atoms with Crippen LogP contribution >= 0.6 is 11.6 Å². The molecule has 2 aromatic rings. The second kappa shape index (κ2) is 5.91. The summed E-state index contributed by atoms with van der Waals surface area (Å²) in [5.41, 5.74) is -0.371. The fraction of sp³-hybridized carbons (Fsp3) is 0.294. The number of hydrogen-bond acceptors (Lipinski definition) is 4. The number of aliphatic hydroxyl groups is 2. The molecular formula is C17H17ClO4S. The SMILES string of the molecule is O=S(=O)(c1ccccc1)[C@@H]1[C@@H](c2cccc(Cl)c2)C1(CO)CO. The van der Waals surface area contributed by atoms with Gasteiger partial charge in [-0.15, -0.1) is 0 Å². The van der Waals surface area contributed by atoms with Gasteiger partial charge in [0.05, 0.1) is 23.4 Å². The van der Waals surface area contributed by atoms with Gasteiger partial charge in [0.1, 0.15) is 0 Å². The quantitative estimate of drug-likeness (QED) is 0.865. The number of halogens is 1. The molecule has 0 amide bonds. The lowest BCUT2D eigenvalue weighted by Gasteiger charge is -2.11. The summed E-state index contributed by atoms with van der Waals surface area (Å²) in [5, 5.41) is 19.2. The highest BCUT2D eigenvalue weighted by Crippen LogP contribution is 2.63. The molecule has 1 aliphatic rings. The number of benzene rings is 2. The Bertz CT molecular complexity index is 800. The summed E-state index contributed by atoms with van der Waals surface area (Å²) in [6.45, 7) is -0.811. The molecule has 0 radical (unpaired) electrons. The molecule has 122 valence electrons. The summed E-state index contributed by atoms with van der Waals surface area (Å²) < 4.78 is 25.9. The van der Waals surface area contributed by atoms with Crippen molar-refractivity contribution in [3.8, 4) is 0 Å². The molecule has 4 nitrogen and oxygen atoms in total. The number of hydrogen-bond donors (Lipinski definition) is 2. The van der Waals surface area contributed by atoms with Crippen LogP contribution < -0.4 is 0 Å². The van der Waals surface area contributed by atoms with Crippen molar-refractivity contribution in [2.24, 2.45) is 5.41 Å². The monoisotopic (exact) mass is 352 g/mol. The van der Waals surface area contributed by atoms with Crippen molar-refractivity contribution in [2.75, 3.05) is 13.2 Å². The minimum Gasteiger partial charge on any atom is -0.396 e. The van der Waals surface area contributed by atoms with E-state index in [2.05, 4.69) is 0 Å². The first kappa shape index (κ1) is 16.5. The predicted molar refractivity (Wildman–Crippen MR) is 88.2 cm³/mol. The highest BCUT2D eigenvalue weighted by atomic mass is 35.5. The summed E-state index contributed by atoms with van der Waals surface area (Å²) in [5.74, 6) is -0.485. The van der Waals surface area contributed by atoms with Crippen molar-refractivity contribution >= 4 is 21.4 Å². The van der Waals surface area contributed by atoms with Crippen LogP contribution in [0.4, 0.5) is 0 Å². The van der Waals surface area contributed by atoms with Gasteiger partial charge in [0.25, 0.3) is 0 Å². The summed E-state index contributed by atoms with van der Waals surface area (Å²) in [7, 11) is -3.67. The maximum Gasteiger partial charge on any atom is 0.182 e. The maximum absolute atomic E-state index is 12.9. The van der Waals surface area contributed by atoms with E-state index in [9.17, 15) is 18.6 Å². The molecule has 6 heteroatoms. The molecule has 0 aromatic heterocycles. The minimum atomic E-state index is -3.67. The predicted octanol–water partition coefficient (Wildman–Crippen LogP) is 2.25. The molecular weight excluding hydrogens is 336 g/mol. The van der Waals surface area contributed by atoms with Crippen molar-refractivity contribution < 1.29 is 18.6 Å². The Hall–Kier alpha value is -1.40. The highest BCUT2D eigenvalue weighted by Gasteiger charge is 2.70. The first-order valence-electron chi connectivity index (χ1n) is 7.23. The molecule has 1 saturated carbocycles. The third kappa shape index (κ3) is 2.58. The smallest absolute Gasteiger partial charge is 0.182 e. The minimum absolute atomic E-state index is 0.195. The van der Waals surface area contributed by atoms with Crippen molar-refractivity contribution in [2.45, 2.75) is 16.1 Å². The van der Waals surface area contributed by atoms with E-state index in [-0.39, 0.29) is 4.90 Å². The zero-order valence-electron chi connectivity index (χ0n) is 12.3. The van der Waals surface area contributed by atoms with Gasteiger partial charge < -0.3 is 10.2 Å². The van der Waals surface area contributed by atoms with E-state index in [0.717, 1.165) is 0 Å². The standard InChI is InChI=1S/C17H17ClO4S/c18-13-6-4-5-12(9-13)15-16(17(15,10-19)11-20)23(21,22)14-7-2-1-3-8-14/h1-9,15-16,19-20H,10-11H2/t15-,16-/m1/s1. The molecule has 1 fully saturated rings. The van der Waals surface area contributed by atoms with Crippen molar-refractivity contribution in [3.05, 3.63) is 65.2 Å². The number of rotatable bonds is 5. The van der Waals surface area contributed by atoms with Crippen LogP contribution in [0.25, 0.3) is 0 Å². The first-order valence-corrected chi connectivity index (χ1v) is 9.16. The fourth-order valence-corrected chi connectivity index (χ4v) is 5.98. The average Bonchev–Trinajstić information content (AvgIpc) is 3.26. The average molecular weight is 353 g/mol. The Balaban J connectivity index is 2.07. The molecule has 2 N–H and O–H groups in total. The van der Waals surface area contributed by atoms with Gasteiger partial charge in [0.15, 0.2) is 9.84 Å². The first-order chi connectivity index (χ1) is 11.0. The third-order valence-corrected chi connectivity index (χ3v) is 7.16. The van der Waals surface area contributed by atoms with Gasteiger partial charge in [0, 0.05) is 16.4 Å². The summed E-state index contributed by atoms with van der Waals surface area (Å²) in [6.07, 6.45) is 0. The molecule has 0 bridgehead atoms. The Morgan fingerprint density at radius 1 is 1.00 bits per heavy atom. The molecule has 2 aromatic carbocycles. The van der Waals surface area contributed by atoms with Crippen LogP contribution in [-0.4, -0.2) is 37.1 Å². The topological polar surface area (TPSA) is 74.6 Å². The van der Waals surface area contributed by atoms with Gasteiger partial charge in [-0.05, 0) is 29.8 Å². The zero-order valence-corrected chi connectivity index (χ0v) is 13.8. The molecule has 0 aliphatic heterocycles. The van der Waals surface area contributed by atoms with Crippen LogP contribution in [0.3, 0.4) is 0 Å². The Labute approximate surface area is 140 Å². The molecule has 0 saturated heterocycles. The van der Waals surface area contributed by atoms with Crippen LogP contribution in [0.1, 0.15) is 11.5 Å². The number of sulfone groups is 1. The van der Waals surface area contributed by atoms with E-state index in [0.29, 0.717) is 10.6 Å². The van der Waals surface area contributed by atoms with E-state index in [1.165, 1.54) is 12.1 Å². The lowest BCUT2D eigenvalue weighted by molar-refractivity contribution is 0.130. The second-order valence-electron chi connectivity index (χ2n) is 5.86. The summed E-state index contributed by atoms with van der Waals surface area (Å²) >= 11 is 6.00. The van der Waals surface area contributed by atoms with E-state index in [1.807, 2.05) is 0 Å². The molecule has 0 spiro atoms. The molecule has 0 heterocycles. The van der Waals surface area contributed by atoms with Gasteiger partial charge >= 0.3 is 0 Å². The van der Waals surface area contributed by atoms with Crippen LogP contribution in [0, 0.1) is 5.41 Å². The van der Waals surface area contributed by atoms with Crippen molar-refractivity contribution in [3.63, 3.8) is 0 Å². The molecule has 1 aliphatic carbocycles. The van der Waals surface area contributed by atoms with Gasteiger partial charge in [-0.2, -0.15) is 0 Å². The maximum atomic E-state index is 12.9. The number of aliphatic hydroxyl groups excluding tert-OH is 2. The van der Waals surface area contributed by atoms with Crippen LogP contribution in [0.15, 0.2) is 59.5 Å². The lowest BCUT2D eigenvalue weighted by atomic mass is 10.0. The zero-order chi connectivity index (χ0) is 16.7. The summed E-state index contributed by atoms with van der Waals surface area (Å²) in [6, 6.07) is 15.0. The normalized spacial score (nSPS) is 22.7. The van der Waals surface area contributed by atoms with Gasteiger partial charge in [0.2, 0.25) is 0 Å². The highest BCUT2D eigenvalue weighted by molar-refractivity contribution is 7.92. The molecule has 2 atom stereocenters. The molecule has 3 rings (SSSR count). The Morgan fingerprint density at radius 3 is 2.22 bits per heavy atom. The molecule has 23 heavy (non-hydrogen) atoms. The van der Waals surface area contributed by atoms with Crippen molar-refractivity contribution in [1.29, 1.82) is 0 Å². The second-order valence-corrected chi connectivity index (χ2v) is 8.37. The van der Waals surface area contributed by atoms with E-state index >= 15 is 0 Å². The van der Waals surface area contributed by atoms with Gasteiger partial charge in [-0.3, -0.25) is 0 Å². The Morgan fingerprint density at radius 2 is 1.65 bits per heavy atom. The Kier molecular flexibility index (Phi) is 4.23. The van der Waals surface area contributed by atoms with Gasteiger partial charge in [-0.1, -0.05) is 41.9 Å². The third-order valence-electron chi connectivity index (χ3n) is 4.58. The fourth-order valence-electron chi connectivity index (χ4n) is 3.33. The summed E-state index contributed by atoms with van der Waals surface area (Å²) in [4.78, 5) is 0.195. The van der Waals surface area contributed by atoms with Gasteiger partial charge in [-0.25, -0.2) is 8.42 Å². The molecule has 0 unspecified atom stereocenters. The van der Waals surface area contributed by atoms with Crippen LogP contribution in [0.5, 0.6) is 0 Å².